The third kappa shape index (κ3) is 14.5. The molecule has 21 aromatic carbocycles. The van der Waals surface area contributed by atoms with Crippen molar-refractivity contribution in [3.8, 4) is 100 Å². The molecule has 0 heterocycles. The predicted octanol–water partition coefficient (Wildman–Crippen LogP) is 39.9. The van der Waals surface area contributed by atoms with Crippen molar-refractivity contribution >= 4 is 86.6 Å². The van der Waals surface area contributed by atoms with Crippen molar-refractivity contribution in [1.82, 2.24) is 0 Å². The first-order valence-corrected chi connectivity index (χ1v) is 52.7. The molecule has 0 nitrogen and oxygen atoms in total. The third-order valence-electron chi connectivity index (χ3n) is 36.5. The van der Waals surface area contributed by atoms with Crippen LogP contribution in [-0.2, 0) is 19.3 Å². The van der Waals surface area contributed by atoms with Gasteiger partial charge >= 0.3 is 0 Å². The fourth-order valence-corrected chi connectivity index (χ4v) is 26.9. The fourth-order valence-electron chi connectivity index (χ4n) is 26.9. The van der Waals surface area contributed by atoms with Crippen molar-refractivity contribution in [2.24, 2.45) is 0 Å². The first kappa shape index (κ1) is 93.6. The second-order valence-corrected chi connectivity index (χ2v) is 43.1. The van der Waals surface area contributed by atoms with E-state index in [1.807, 2.05) is 0 Å². The summed E-state index contributed by atoms with van der Waals surface area (Å²) in [5, 5.41) is 19.5. The van der Waals surface area contributed by atoms with E-state index in [2.05, 4.69) is 463 Å². The molecular formula is C145H130. The van der Waals surface area contributed by atoms with E-state index in [0.717, 1.165) is 25.7 Å². The van der Waals surface area contributed by atoms with Gasteiger partial charge in [0.1, 0.15) is 0 Å². The number of rotatable bonds is 9. The molecule has 710 valence electrons. The molecule has 145 heavy (non-hydrogen) atoms. The lowest BCUT2D eigenvalue weighted by molar-refractivity contribution is 0.872. The van der Waals surface area contributed by atoms with Crippen LogP contribution in [0.2, 0.25) is 0 Å². The van der Waals surface area contributed by atoms with Gasteiger partial charge in [0, 0.05) is 5.92 Å². The fraction of sp³-hybridized carbons (Fsp3) is 0.200. The lowest BCUT2D eigenvalue weighted by Crippen LogP contribution is -2.09. The predicted molar refractivity (Wildman–Crippen MR) is 629 cm³/mol. The molecule has 0 fully saturated rings. The molecule has 0 bridgehead atoms. The van der Waals surface area contributed by atoms with Crippen LogP contribution in [0.3, 0.4) is 0 Å². The van der Waals surface area contributed by atoms with Crippen molar-refractivity contribution in [3.05, 3.63) is 481 Å². The van der Waals surface area contributed by atoms with Gasteiger partial charge in [-0.05, 0) is 574 Å². The van der Waals surface area contributed by atoms with E-state index in [4.69, 9.17) is 0 Å². The molecule has 21 aromatic rings. The number of allylic oxidation sites excluding steroid dienone is 4. The van der Waals surface area contributed by atoms with Crippen LogP contribution in [0.1, 0.15) is 196 Å². The van der Waals surface area contributed by atoms with Crippen molar-refractivity contribution < 1.29 is 0 Å². The van der Waals surface area contributed by atoms with Gasteiger partial charge in [0.05, 0.1) is 0 Å². The summed E-state index contributed by atoms with van der Waals surface area (Å²) in [6.45, 7) is 56.4. The topological polar surface area (TPSA) is 0 Å². The van der Waals surface area contributed by atoms with Gasteiger partial charge in [0.25, 0.3) is 0 Å². The molecule has 4 aliphatic rings. The Balaban J connectivity index is 0.000000121. The van der Waals surface area contributed by atoms with E-state index in [1.165, 1.54) is 370 Å². The monoisotopic (exact) mass is 1870 g/mol. The summed E-state index contributed by atoms with van der Waals surface area (Å²) >= 11 is 0. The lowest BCUT2D eigenvalue weighted by atomic mass is 9.73. The third-order valence-corrected chi connectivity index (χ3v) is 36.5. The van der Waals surface area contributed by atoms with E-state index < -0.39 is 0 Å². The van der Waals surface area contributed by atoms with Crippen LogP contribution in [0.15, 0.2) is 297 Å². The molecule has 0 saturated heterocycles. The number of hydrogen-bond donors (Lipinski definition) is 0. The van der Waals surface area contributed by atoms with Gasteiger partial charge in [-0.1, -0.05) is 285 Å². The van der Waals surface area contributed by atoms with Crippen LogP contribution >= 0.6 is 0 Å². The van der Waals surface area contributed by atoms with E-state index >= 15 is 0 Å². The molecule has 0 saturated carbocycles. The molecule has 0 spiro atoms. The average molecular weight is 1870 g/mol. The molecule has 0 radical (unpaired) electrons. The summed E-state index contributed by atoms with van der Waals surface area (Å²) in [5.74, 6) is 0.269. The van der Waals surface area contributed by atoms with Crippen molar-refractivity contribution in [1.29, 1.82) is 0 Å². The van der Waals surface area contributed by atoms with Crippen LogP contribution in [0.4, 0.5) is 0 Å². The SMILES string of the molecule is Cc1c(C)c(C)c2c(-c3cc(-c4ccccc4)cc4ccccc34)c3c(C)c(C)c(C)c(C)c3c(-c3cccc4c3-c3ccccc3C4)c2c1C.Cc1c(C)c(C)c2c(-c3cccc4c3-c3ccccc3C4)c3c(C)c(C)c(C)c(C)c3c(-c3ccccc3)c2c1C.Cc1c(C)c(C)c2c(-c3cccc4c3-c3ccccc3C4)c3c(C)c(C)c(C)c(C)c3c(C3=CC(c4ccccc4)=CC(c4ccccc4)C3)c2c1C. The standard InChI is InChI=1S/C53H48.C51H44.C41H38/c1-30-32(3)36(7)49-47(34(30)5)52(44-28-42(38-18-11-9-12-19-38)27-43(29-44)39-20-13-10-14-21-39)48-35(6)31(2)33(4)37(8)50(48)53(49)46-25-17-23-41-26-40-22-15-16-24-45(40)51(41)46;1-28-30(3)34(7)47-45(32(28)5)50(43-24-16-21-39-25-38-20-13-15-23-42(38)49(39)43)46-33(6)29(2)31(4)35(8)48(46)51(47)44-27-40(36-17-10-9-11-18-36)26-37-19-12-14-22-41(37)44;1-22-24(3)28(7)37-35(26(22)5)40(30-15-10-9-11-16-30)36-27(6)23(2)25(4)29(8)38(36)41(37)34-20-14-18-32-21-31-17-12-13-19-33(31)39(32)34/h9-25,27-28,43H,26,29H2,1-8H3;9-24,26-27H,25H2,1-8H3;9-20H,21H2,1-8H3. The summed E-state index contributed by atoms with van der Waals surface area (Å²) in [5.41, 5.74) is 73.5. The first-order chi connectivity index (χ1) is 70.0. The van der Waals surface area contributed by atoms with Gasteiger partial charge in [0.2, 0.25) is 0 Å². The molecule has 1 unspecified atom stereocenters. The highest BCUT2D eigenvalue weighted by Gasteiger charge is 2.37. The van der Waals surface area contributed by atoms with Gasteiger partial charge < -0.3 is 0 Å². The number of benzene rings is 21. The van der Waals surface area contributed by atoms with Gasteiger partial charge in [0.15, 0.2) is 0 Å². The van der Waals surface area contributed by atoms with E-state index in [-0.39, 0.29) is 5.92 Å². The molecule has 25 rings (SSSR count). The highest BCUT2D eigenvalue weighted by Crippen LogP contribution is 2.61. The largest absolute Gasteiger partial charge is 0.0688 e. The summed E-state index contributed by atoms with van der Waals surface area (Å²) in [6.07, 6.45) is 8.98. The molecule has 0 aliphatic heterocycles. The normalized spacial score (nSPS) is 13.3. The summed E-state index contributed by atoms with van der Waals surface area (Å²) in [4.78, 5) is 0. The van der Waals surface area contributed by atoms with Crippen molar-refractivity contribution in [2.75, 3.05) is 0 Å². The maximum atomic E-state index is 2.53. The minimum Gasteiger partial charge on any atom is -0.0688 e. The molecule has 0 N–H and O–H groups in total. The smallest absolute Gasteiger partial charge is 0.00678 e. The van der Waals surface area contributed by atoms with E-state index in [1.54, 1.807) is 0 Å². The highest BCUT2D eigenvalue weighted by molar-refractivity contribution is 6.31. The minimum atomic E-state index is 0.269. The maximum Gasteiger partial charge on any atom is 0.00678 e. The van der Waals surface area contributed by atoms with Crippen LogP contribution < -0.4 is 0 Å². The Kier molecular flexibility index (Phi) is 23.3. The van der Waals surface area contributed by atoms with Crippen LogP contribution in [0, 0.1) is 166 Å². The second kappa shape index (κ2) is 36.0. The van der Waals surface area contributed by atoms with E-state index in [0.29, 0.717) is 0 Å². The molecule has 0 aromatic heterocycles. The number of aryl methyl sites for hydroxylation is 12. The lowest BCUT2D eigenvalue weighted by Gasteiger charge is -2.30. The Labute approximate surface area is 859 Å². The molecule has 0 amide bonds. The molecule has 1 atom stereocenters. The second-order valence-electron chi connectivity index (χ2n) is 43.1. The first-order valence-electron chi connectivity index (χ1n) is 52.7. The maximum absolute atomic E-state index is 2.53. The average Bonchev–Trinajstić information content (AvgIpc) is 1.62. The number of hydrogen-bond acceptors (Lipinski definition) is 0. The Morgan fingerprint density at radius 1 is 0.172 bits per heavy atom. The summed E-state index contributed by atoms with van der Waals surface area (Å²) in [7, 11) is 0. The van der Waals surface area contributed by atoms with Crippen LogP contribution in [0.5, 0.6) is 0 Å². The Morgan fingerprint density at radius 3 is 0.766 bits per heavy atom. The molecule has 0 heteroatoms. The Morgan fingerprint density at radius 2 is 0.428 bits per heavy atom. The van der Waals surface area contributed by atoms with Gasteiger partial charge in [-0.25, -0.2) is 0 Å². The Hall–Kier alpha value is -15.1. The zero-order valence-corrected chi connectivity index (χ0v) is 89.2. The zero-order chi connectivity index (χ0) is 101. The summed E-state index contributed by atoms with van der Waals surface area (Å²) in [6, 6.07) is 106. The van der Waals surface area contributed by atoms with E-state index in [9.17, 15) is 0 Å². The van der Waals surface area contributed by atoms with Gasteiger partial charge in [-0.3, -0.25) is 0 Å². The Bertz CT molecular complexity index is 9000. The van der Waals surface area contributed by atoms with Gasteiger partial charge in [-0.15, -0.1) is 0 Å². The van der Waals surface area contributed by atoms with Crippen LogP contribution in [0.25, 0.3) is 187 Å². The molecular weight excluding hydrogens is 1740 g/mol. The van der Waals surface area contributed by atoms with Crippen molar-refractivity contribution in [3.63, 3.8) is 0 Å². The summed E-state index contributed by atoms with van der Waals surface area (Å²) < 4.78 is 0. The van der Waals surface area contributed by atoms with Crippen LogP contribution in [-0.4, -0.2) is 0 Å². The molecule has 4 aliphatic carbocycles. The quantitative estimate of drug-likeness (QED) is 0.126. The number of fused-ring (bicyclic) bond motifs is 16. The minimum absolute atomic E-state index is 0.269. The van der Waals surface area contributed by atoms with Gasteiger partial charge in [-0.2, -0.15) is 0 Å². The van der Waals surface area contributed by atoms with Crippen molar-refractivity contribution in [2.45, 2.75) is 198 Å². The zero-order valence-electron chi connectivity index (χ0n) is 89.2. The highest BCUT2D eigenvalue weighted by atomic mass is 14.4.